The summed E-state index contributed by atoms with van der Waals surface area (Å²) in [5.74, 6) is -0.752. The summed E-state index contributed by atoms with van der Waals surface area (Å²) in [6, 6.07) is 6.25. The number of hydrogen-bond acceptors (Lipinski definition) is 7. The molecule has 0 amide bonds. The van der Waals surface area contributed by atoms with Crippen molar-refractivity contribution in [2.45, 2.75) is 13.3 Å². The lowest BCUT2D eigenvalue weighted by Gasteiger charge is -2.10. The second-order valence-electron chi connectivity index (χ2n) is 6.03. The van der Waals surface area contributed by atoms with Crippen molar-refractivity contribution in [3.8, 4) is 11.6 Å². The highest BCUT2D eigenvalue weighted by molar-refractivity contribution is 7.08. The molecule has 142 valence electrons. The van der Waals surface area contributed by atoms with Gasteiger partial charge in [0.25, 0.3) is 5.88 Å². The maximum atomic E-state index is 14.2. The van der Waals surface area contributed by atoms with Crippen molar-refractivity contribution < 1.29 is 17.9 Å². The molecule has 1 aromatic carbocycles. The van der Waals surface area contributed by atoms with Crippen molar-refractivity contribution in [1.82, 2.24) is 9.97 Å². The van der Waals surface area contributed by atoms with E-state index < -0.39 is 16.6 Å². The average Bonchev–Trinajstić information content (AvgIpc) is 3.06. The number of halogens is 2. The number of thiazole rings is 1. The molecule has 9 heteroatoms. The second-order valence-corrected chi connectivity index (χ2v) is 6.84. The summed E-state index contributed by atoms with van der Waals surface area (Å²) in [4.78, 5) is 19.9. The number of ether oxygens (including phenoxy) is 1. The highest BCUT2D eigenvalue weighted by atomic mass is 32.1. The molecule has 2 N–H and O–H groups in total. The van der Waals surface area contributed by atoms with Crippen LogP contribution in [0.15, 0.2) is 45.2 Å². The number of aryl methyl sites for hydroxylation is 1. The minimum Gasteiger partial charge on any atom is -0.436 e. The van der Waals surface area contributed by atoms with Crippen LogP contribution >= 0.6 is 11.3 Å². The predicted octanol–water partition coefficient (Wildman–Crippen LogP) is 4.20. The molecule has 0 bridgehead atoms. The zero-order valence-corrected chi connectivity index (χ0v) is 15.3. The Bertz CT molecular complexity index is 1250. The van der Waals surface area contributed by atoms with E-state index >= 15 is 0 Å². The Morgan fingerprint density at radius 2 is 2.07 bits per heavy atom. The number of anilines is 1. The highest BCUT2D eigenvalue weighted by Crippen LogP contribution is 2.30. The fourth-order valence-corrected chi connectivity index (χ4v) is 3.31. The van der Waals surface area contributed by atoms with Gasteiger partial charge in [-0.1, -0.05) is 11.3 Å². The number of nitrogens with zero attached hydrogens (tertiary/aromatic N) is 2. The van der Waals surface area contributed by atoms with E-state index in [1.54, 1.807) is 19.1 Å². The van der Waals surface area contributed by atoms with Gasteiger partial charge in [0, 0.05) is 29.6 Å². The molecule has 28 heavy (non-hydrogen) atoms. The Kier molecular flexibility index (Phi) is 4.52. The first-order chi connectivity index (χ1) is 13.4. The van der Waals surface area contributed by atoms with Crippen LogP contribution < -0.4 is 16.1 Å². The number of hydrogen-bond donors (Lipinski definition) is 1. The van der Waals surface area contributed by atoms with Gasteiger partial charge in [-0.05, 0) is 36.2 Å². The number of rotatable bonds is 4. The highest BCUT2D eigenvalue weighted by Gasteiger charge is 2.16. The number of benzene rings is 1. The quantitative estimate of drug-likeness (QED) is 0.516. The number of aromatic nitrogens is 2. The summed E-state index contributed by atoms with van der Waals surface area (Å²) in [7, 11) is 0. The predicted molar refractivity (Wildman–Crippen MR) is 101 cm³/mol. The zero-order valence-electron chi connectivity index (χ0n) is 14.5. The van der Waals surface area contributed by atoms with Gasteiger partial charge in [0.1, 0.15) is 11.3 Å². The molecular formula is C19H13F2N3O3S. The molecule has 0 unspecified atom stereocenters. The molecule has 0 aliphatic carbocycles. The monoisotopic (exact) mass is 401 g/mol. The fourth-order valence-electron chi connectivity index (χ4n) is 2.87. The molecule has 0 saturated carbocycles. The summed E-state index contributed by atoms with van der Waals surface area (Å²) < 4.78 is 38.4. The Balaban J connectivity index is 1.74. The number of nitrogens with two attached hydrogens (primary N) is 1. The van der Waals surface area contributed by atoms with E-state index in [1.807, 2.05) is 0 Å². The molecule has 4 rings (SSSR count). The van der Waals surface area contributed by atoms with Gasteiger partial charge in [-0.25, -0.2) is 19.2 Å². The molecule has 0 spiro atoms. The molecule has 3 aromatic heterocycles. The maximum Gasteiger partial charge on any atom is 0.340 e. The first kappa shape index (κ1) is 18.1. The van der Waals surface area contributed by atoms with E-state index in [0.717, 1.165) is 11.3 Å². The van der Waals surface area contributed by atoms with Crippen molar-refractivity contribution in [2.24, 2.45) is 0 Å². The van der Waals surface area contributed by atoms with E-state index in [9.17, 15) is 13.6 Å². The van der Waals surface area contributed by atoms with Crippen LogP contribution in [-0.4, -0.2) is 9.97 Å². The summed E-state index contributed by atoms with van der Waals surface area (Å²) in [5, 5.41) is 0.106. The molecule has 0 aliphatic heterocycles. The van der Waals surface area contributed by atoms with Crippen molar-refractivity contribution in [2.75, 3.05) is 5.73 Å². The Morgan fingerprint density at radius 3 is 2.82 bits per heavy atom. The van der Waals surface area contributed by atoms with Gasteiger partial charge >= 0.3 is 5.63 Å². The van der Waals surface area contributed by atoms with Crippen LogP contribution in [0.4, 0.5) is 14.6 Å². The SMILES string of the molecule is Cc1c(Cc2ccnc(N)c2F)c(=O)oc2cc(Oc3ncsc3F)ccc12. The molecule has 0 atom stereocenters. The smallest absolute Gasteiger partial charge is 0.340 e. The van der Waals surface area contributed by atoms with Crippen LogP contribution in [-0.2, 0) is 6.42 Å². The van der Waals surface area contributed by atoms with Gasteiger partial charge in [0.15, 0.2) is 11.6 Å². The Hall–Kier alpha value is -3.33. The van der Waals surface area contributed by atoms with Crippen LogP contribution in [0.1, 0.15) is 16.7 Å². The summed E-state index contributed by atoms with van der Waals surface area (Å²) in [6.07, 6.45) is 1.40. The third-order valence-electron chi connectivity index (χ3n) is 4.33. The standard InChI is InChI=1S/C19H13F2N3O3S/c1-9-12-3-2-11(26-18-16(21)28-8-24-18)7-14(12)27-19(25)13(9)6-10-4-5-23-17(22)15(10)20/h2-5,7-8H,6H2,1H3,(H2,22,23). The van der Waals surface area contributed by atoms with E-state index in [1.165, 1.54) is 23.8 Å². The van der Waals surface area contributed by atoms with Gasteiger partial charge in [-0.2, -0.15) is 4.39 Å². The van der Waals surface area contributed by atoms with Crippen molar-refractivity contribution >= 4 is 28.1 Å². The summed E-state index contributed by atoms with van der Waals surface area (Å²) in [6.45, 7) is 1.75. The van der Waals surface area contributed by atoms with Gasteiger partial charge in [-0.3, -0.25) is 0 Å². The average molecular weight is 401 g/mol. The minimum atomic E-state index is -0.657. The fraction of sp³-hybridized carbons (Fsp3) is 0.105. The lowest BCUT2D eigenvalue weighted by atomic mass is 10.00. The molecule has 4 aromatic rings. The van der Waals surface area contributed by atoms with Crippen LogP contribution in [0.25, 0.3) is 11.0 Å². The van der Waals surface area contributed by atoms with E-state index in [-0.39, 0.29) is 35.0 Å². The molecule has 0 fully saturated rings. The van der Waals surface area contributed by atoms with Gasteiger partial charge in [0.2, 0.25) is 5.13 Å². The van der Waals surface area contributed by atoms with Crippen LogP contribution in [0.2, 0.25) is 0 Å². The van der Waals surface area contributed by atoms with Crippen LogP contribution in [0.3, 0.4) is 0 Å². The first-order valence-electron chi connectivity index (χ1n) is 8.16. The first-order valence-corrected chi connectivity index (χ1v) is 9.04. The Labute approximate surface area is 161 Å². The van der Waals surface area contributed by atoms with Crippen LogP contribution in [0.5, 0.6) is 11.6 Å². The van der Waals surface area contributed by atoms with Gasteiger partial charge < -0.3 is 14.9 Å². The molecule has 0 aliphatic rings. The van der Waals surface area contributed by atoms with E-state index in [0.29, 0.717) is 16.5 Å². The maximum absolute atomic E-state index is 14.2. The summed E-state index contributed by atoms with van der Waals surface area (Å²) >= 11 is 0.817. The molecule has 0 saturated heterocycles. The van der Waals surface area contributed by atoms with Crippen LogP contribution in [0, 0.1) is 17.9 Å². The topological polar surface area (TPSA) is 91.2 Å². The number of fused-ring (bicyclic) bond motifs is 1. The molecule has 3 heterocycles. The lowest BCUT2D eigenvalue weighted by molar-refractivity contribution is 0.433. The third kappa shape index (κ3) is 3.20. The van der Waals surface area contributed by atoms with E-state index in [2.05, 4.69) is 9.97 Å². The second kappa shape index (κ2) is 7.01. The Morgan fingerprint density at radius 1 is 1.25 bits per heavy atom. The number of pyridine rings is 1. The lowest BCUT2D eigenvalue weighted by Crippen LogP contribution is -2.12. The normalized spacial score (nSPS) is 11.1. The minimum absolute atomic E-state index is 0.0188. The zero-order chi connectivity index (χ0) is 19.8. The molecule has 6 nitrogen and oxygen atoms in total. The molecule has 0 radical (unpaired) electrons. The van der Waals surface area contributed by atoms with Crippen molar-refractivity contribution in [3.05, 3.63) is 74.0 Å². The van der Waals surface area contributed by atoms with Gasteiger partial charge in [0.05, 0.1) is 5.51 Å². The van der Waals surface area contributed by atoms with Gasteiger partial charge in [-0.15, -0.1) is 0 Å². The number of nitrogen functional groups attached to an aromatic ring is 1. The van der Waals surface area contributed by atoms with Crippen molar-refractivity contribution in [3.63, 3.8) is 0 Å². The molecular weight excluding hydrogens is 388 g/mol. The third-order valence-corrected chi connectivity index (χ3v) is 4.92. The van der Waals surface area contributed by atoms with E-state index in [4.69, 9.17) is 14.9 Å². The largest absolute Gasteiger partial charge is 0.436 e. The summed E-state index contributed by atoms with van der Waals surface area (Å²) in [5.41, 5.74) is 7.70. The van der Waals surface area contributed by atoms with Crippen molar-refractivity contribution in [1.29, 1.82) is 0 Å².